The van der Waals surface area contributed by atoms with Gasteiger partial charge in [-0.3, -0.25) is 0 Å². The molecule has 6 rings (SSSR count). The number of aromatic amines is 1. The molecule has 35 heavy (non-hydrogen) atoms. The molecule has 0 aliphatic rings. The van der Waals surface area contributed by atoms with E-state index in [0.29, 0.717) is 5.82 Å². The summed E-state index contributed by atoms with van der Waals surface area (Å²) in [5, 5.41) is 15.6. The van der Waals surface area contributed by atoms with Gasteiger partial charge in [-0.05, 0) is 54.0 Å². The maximum Gasteiger partial charge on any atom is 0.205 e. The van der Waals surface area contributed by atoms with Crippen LogP contribution in [0.25, 0.3) is 44.7 Å². The number of tetrazole rings is 1. The second-order valence-corrected chi connectivity index (χ2v) is 8.67. The second kappa shape index (κ2) is 8.72. The van der Waals surface area contributed by atoms with Crippen LogP contribution in [0.15, 0.2) is 66.9 Å². The molecule has 0 fully saturated rings. The Hall–Kier alpha value is -4.46. The van der Waals surface area contributed by atoms with Crippen molar-refractivity contribution in [2.24, 2.45) is 0 Å². The van der Waals surface area contributed by atoms with Crippen LogP contribution in [-0.2, 0) is 13.0 Å². The highest BCUT2D eigenvalue weighted by Gasteiger charge is 2.15. The van der Waals surface area contributed by atoms with E-state index in [9.17, 15) is 0 Å². The van der Waals surface area contributed by atoms with Gasteiger partial charge < -0.3 is 4.57 Å². The lowest BCUT2D eigenvalue weighted by atomic mass is 10.0. The molecule has 8 nitrogen and oxygen atoms in total. The molecule has 6 aromatic rings. The Bertz CT molecular complexity index is 1650. The fourth-order valence-electron chi connectivity index (χ4n) is 4.55. The summed E-state index contributed by atoms with van der Waals surface area (Å²) >= 11 is 0. The van der Waals surface area contributed by atoms with Gasteiger partial charge in [0.2, 0.25) is 5.82 Å². The number of rotatable bonds is 6. The largest absolute Gasteiger partial charge is 0.308 e. The summed E-state index contributed by atoms with van der Waals surface area (Å²) in [4.78, 5) is 14.5. The number of hydrogen-bond acceptors (Lipinski definition) is 6. The monoisotopic (exact) mass is 460 g/mol. The highest BCUT2D eigenvalue weighted by molar-refractivity contribution is 5.85. The lowest BCUT2D eigenvalue weighted by Gasteiger charge is -2.11. The van der Waals surface area contributed by atoms with Gasteiger partial charge in [0.05, 0.1) is 17.8 Å². The van der Waals surface area contributed by atoms with E-state index in [-0.39, 0.29) is 0 Å². The quantitative estimate of drug-likeness (QED) is 0.370. The van der Waals surface area contributed by atoms with Gasteiger partial charge in [0.15, 0.2) is 5.65 Å². The van der Waals surface area contributed by atoms with E-state index in [1.54, 1.807) is 0 Å². The maximum atomic E-state index is 4.95. The predicted octanol–water partition coefficient (Wildman–Crippen LogP) is 5.14. The molecule has 0 amide bonds. The van der Waals surface area contributed by atoms with Gasteiger partial charge in [-0.2, -0.15) is 5.21 Å². The van der Waals surface area contributed by atoms with Crippen LogP contribution < -0.4 is 0 Å². The molecule has 1 N–H and O–H groups in total. The van der Waals surface area contributed by atoms with E-state index in [1.165, 1.54) is 5.56 Å². The third kappa shape index (κ3) is 3.82. The van der Waals surface area contributed by atoms with Crippen molar-refractivity contribution in [3.05, 3.63) is 83.8 Å². The minimum Gasteiger partial charge on any atom is -0.308 e. The van der Waals surface area contributed by atoms with Gasteiger partial charge in [0.25, 0.3) is 0 Å². The van der Waals surface area contributed by atoms with E-state index in [1.807, 2.05) is 42.6 Å². The summed E-state index contributed by atoms with van der Waals surface area (Å²) in [5.41, 5.74) is 7.95. The van der Waals surface area contributed by atoms with Crippen molar-refractivity contribution in [3.8, 4) is 22.6 Å². The number of hydrogen-bond donors (Lipinski definition) is 1. The average Bonchev–Trinajstić information content (AvgIpc) is 3.54. The summed E-state index contributed by atoms with van der Waals surface area (Å²) < 4.78 is 2.25. The SMILES string of the molecule is CCCc1nc2c(C)ccnc2n1Cc1ccc2nc(-c3ccccc3-c3nn[nH]n3)ccc2c1. The minimum absolute atomic E-state index is 0.553. The fourth-order valence-corrected chi connectivity index (χ4v) is 4.55. The number of aromatic nitrogens is 8. The smallest absolute Gasteiger partial charge is 0.205 e. The van der Waals surface area contributed by atoms with Crippen LogP contribution in [0.5, 0.6) is 0 Å². The normalized spacial score (nSPS) is 11.5. The van der Waals surface area contributed by atoms with Gasteiger partial charge in [-0.25, -0.2) is 15.0 Å². The van der Waals surface area contributed by atoms with E-state index >= 15 is 0 Å². The number of nitrogens with zero attached hydrogens (tertiary/aromatic N) is 7. The van der Waals surface area contributed by atoms with Gasteiger partial charge in [0.1, 0.15) is 11.3 Å². The van der Waals surface area contributed by atoms with Crippen molar-refractivity contribution < 1.29 is 0 Å². The van der Waals surface area contributed by atoms with Gasteiger partial charge in [-0.1, -0.05) is 43.3 Å². The van der Waals surface area contributed by atoms with Crippen LogP contribution in [0.4, 0.5) is 0 Å². The standard InChI is InChI=1S/C27H24N8/c1-3-6-24-30-25-17(2)13-14-28-27(25)35(24)16-18-9-11-22-19(15-18)10-12-23(29-22)20-7-4-5-8-21(20)26-31-33-34-32-26/h4-5,7-15H,3,6,16H2,1-2H3,(H,31,32,33,34). The number of pyridine rings is 2. The Morgan fingerprint density at radius 3 is 2.66 bits per heavy atom. The van der Waals surface area contributed by atoms with Crippen LogP contribution in [0.1, 0.15) is 30.3 Å². The van der Waals surface area contributed by atoms with Gasteiger partial charge in [0, 0.05) is 29.1 Å². The third-order valence-electron chi connectivity index (χ3n) is 6.27. The van der Waals surface area contributed by atoms with Crippen molar-refractivity contribution in [2.45, 2.75) is 33.2 Å². The zero-order chi connectivity index (χ0) is 23.8. The highest BCUT2D eigenvalue weighted by atomic mass is 15.5. The predicted molar refractivity (Wildman–Crippen MR) is 136 cm³/mol. The minimum atomic E-state index is 0.553. The van der Waals surface area contributed by atoms with Crippen molar-refractivity contribution in [1.82, 2.24) is 40.1 Å². The summed E-state index contributed by atoms with van der Waals surface area (Å²) in [6, 6.07) is 20.6. The molecular weight excluding hydrogens is 436 g/mol. The molecule has 0 aliphatic carbocycles. The van der Waals surface area contributed by atoms with Crippen LogP contribution in [0.3, 0.4) is 0 Å². The molecule has 0 atom stereocenters. The zero-order valence-electron chi connectivity index (χ0n) is 19.6. The molecule has 2 aromatic carbocycles. The number of imidazole rings is 1. The number of H-pyrrole nitrogens is 1. The molecule has 8 heteroatoms. The molecule has 4 heterocycles. The van der Waals surface area contributed by atoms with Crippen LogP contribution in [0, 0.1) is 6.92 Å². The highest BCUT2D eigenvalue weighted by Crippen LogP contribution is 2.30. The first kappa shape index (κ1) is 21.1. The Balaban J connectivity index is 1.37. The molecule has 0 saturated heterocycles. The van der Waals surface area contributed by atoms with E-state index in [0.717, 1.165) is 69.7 Å². The number of aryl methyl sites for hydroxylation is 2. The van der Waals surface area contributed by atoms with E-state index in [4.69, 9.17) is 9.97 Å². The molecule has 0 bridgehead atoms. The van der Waals surface area contributed by atoms with Crippen molar-refractivity contribution in [3.63, 3.8) is 0 Å². The topological polar surface area (TPSA) is 98.1 Å². The Kier molecular flexibility index (Phi) is 5.25. The van der Waals surface area contributed by atoms with Crippen LogP contribution in [-0.4, -0.2) is 40.1 Å². The number of fused-ring (bicyclic) bond motifs is 2. The summed E-state index contributed by atoms with van der Waals surface area (Å²) in [6.45, 7) is 4.99. The first-order valence-electron chi connectivity index (χ1n) is 11.7. The lowest BCUT2D eigenvalue weighted by molar-refractivity contribution is 0.717. The van der Waals surface area contributed by atoms with E-state index < -0.39 is 0 Å². The Labute approximate surface area is 202 Å². The van der Waals surface area contributed by atoms with E-state index in [2.05, 4.69) is 68.3 Å². The lowest BCUT2D eigenvalue weighted by Crippen LogP contribution is -2.06. The Morgan fingerprint density at radius 1 is 0.943 bits per heavy atom. The van der Waals surface area contributed by atoms with Crippen molar-refractivity contribution >= 4 is 22.1 Å². The first-order chi connectivity index (χ1) is 17.2. The molecular formula is C27H24N8. The Morgan fingerprint density at radius 2 is 1.83 bits per heavy atom. The molecule has 0 saturated carbocycles. The molecule has 4 aromatic heterocycles. The maximum absolute atomic E-state index is 4.95. The average molecular weight is 461 g/mol. The summed E-state index contributed by atoms with van der Waals surface area (Å²) in [6.07, 6.45) is 3.83. The number of nitrogens with one attached hydrogen (secondary N) is 1. The zero-order valence-corrected chi connectivity index (χ0v) is 19.6. The first-order valence-corrected chi connectivity index (χ1v) is 11.7. The molecule has 172 valence electrons. The molecule has 0 aliphatic heterocycles. The van der Waals surface area contributed by atoms with Gasteiger partial charge in [-0.15, -0.1) is 10.2 Å². The molecule has 0 unspecified atom stereocenters. The van der Waals surface area contributed by atoms with Crippen molar-refractivity contribution in [2.75, 3.05) is 0 Å². The van der Waals surface area contributed by atoms with Crippen LogP contribution in [0.2, 0.25) is 0 Å². The van der Waals surface area contributed by atoms with Gasteiger partial charge >= 0.3 is 0 Å². The summed E-state index contributed by atoms with van der Waals surface area (Å²) in [7, 11) is 0. The summed E-state index contributed by atoms with van der Waals surface area (Å²) in [5.74, 6) is 1.63. The van der Waals surface area contributed by atoms with Crippen LogP contribution >= 0.6 is 0 Å². The number of benzene rings is 2. The third-order valence-corrected chi connectivity index (χ3v) is 6.27. The van der Waals surface area contributed by atoms with Crippen molar-refractivity contribution in [1.29, 1.82) is 0 Å². The molecule has 0 spiro atoms. The molecule has 0 radical (unpaired) electrons. The second-order valence-electron chi connectivity index (χ2n) is 8.67. The fraction of sp³-hybridized carbons (Fsp3) is 0.185.